The number of hydrogen-bond acceptors (Lipinski definition) is 3. The highest BCUT2D eigenvalue weighted by Gasteiger charge is 2.48. The van der Waals surface area contributed by atoms with Crippen LogP contribution in [0.4, 0.5) is 0 Å². The van der Waals surface area contributed by atoms with Gasteiger partial charge in [-0.05, 0) is 12.5 Å². The van der Waals surface area contributed by atoms with Crippen LogP contribution in [0.25, 0.3) is 0 Å². The van der Waals surface area contributed by atoms with Crippen LogP contribution in [-0.4, -0.2) is 27.2 Å². The van der Waals surface area contributed by atoms with Gasteiger partial charge in [-0.25, -0.2) is 0 Å². The van der Waals surface area contributed by atoms with Gasteiger partial charge in [0.2, 0.25) is 5.91 Å². The molecule has 0 unspecified atom stereocenters. The number of carbonyl (C=O) groups excluding carboxylic acids is 1. The molecule has 1 aromatic heterocycles. The van der Waals surface area contributed by atoms with Crippen LogP contribution in [0, 0.1) is 11.8 Å². The Bertz CT molecular complexity index is 374. The molecule has 1 heterocycles. The quantitative estimate of drug-likeness (QED) is 0.637. The van der Waals surface area contributed by atoms with E-state index in [4.69, 9.17) is 5.11 Å². The summed E-state index contributed by atoms with van der Waals surface area (Å²) in [6.45, 7) is 0.363. The van der Waals surface area contributed by atoms with E-state index in [0.717, 1.165) is 5.69 Å². The second kappa shape index (κ2) is 3.72. The highest BCUT2D eigenvalue weighted by Crippen LogP contribution is 2.38. The van der Waals surface area contributed by atoms with E-state index in [1.165, 1.54) is 0 Å². The van der Waals surface area contributed by atoms with Crippen molar-refractivity contribution in [2.24, 2.45) is 11.8 Å². The Balaban J connectivity index is 1.77. The van der Waals surface area contributed by atoms with Gasteiger partial charge in [0.25, 0.3) is 0 Å². The lowest BCUT2D eigenvalue weighted by Crippen LogP contribution is -2.26. The third kappa shape index (κ3) is 2.15. The molecule has 1 amide bonds. The molecule has 2 atom stereocenters. The number of nitrogens with one attached hydrogen (secondary N) is 2. The maximum Gasteiger partial charge on any atom is 0.307 e. The van der Waals surface area contributed by atoms with Crippen molar-refractivity contribution in [2.75, 3.05) is 0 Å². The molecule has 2 rings (SSSR count). The smallest absolute Gasteiger partial charge is 0.307 e. The maximum atomic E-state index is 11.4. The predicted octanol–water partition coefficient (Wildman–Crippen LogP) is -0.253. The van der Waals surface area contributed by atoms with Crippen molar-refractivity contribution >= 4 is 11.9 Å². The van der Waals surface area contributed by atoms with Gasteiger partial charge in [0.05, 0.1) is 24.1 Å². The van der Waals surface area contributed by atoms with Gasteiger partial charge in [-0.3, -0.25) is 14.7 Å². The topological polar surface area (TPSA) is 95.1 Å². The van der Waals surface area contributed by atoms with Gasteiger partial charge in [-0.2, -0.15) is 5.10 Å². The largest absolute Gasteiger partial charge is 0.481 e. The first-order valence-corrected chi connectivity index (χ1v) is 4.67. The second-order valence-electron chi connectivity index (χ2n) is 3.59. The van der Waals surface area contributed by atoms with E-state index in [9.17, 15) is 9.59 Å². The summed E-state index contributed by atoms with van der Waals surface area (Å²) in [5.41, 5.74) is 0.802. The number of amides is 1. The fourth-order valence-electron chi connectivity index (χ4n) is 1.45. The lowest BCUT2D eigenvalue weighted by Gasteiger charge is -2.01. The molecule has 0 aliphatic heterocycles. The fourth-order valence-corrected chi connectivity index (χ4v) is 1.45. The number of carboxylic acids is 1. The zero-order valence-corrected chi connectivity index (χ0v) is 7.93. The summed E-state index contributed by atoms with van der Waals surface area (Å²) in [5, 5.41) is 17.7. The molecular weight excluding hydrogens is 198 g/mol. The zero-order chi connectivity index (χ0) is 10.8. The molecule has 0 spiro atoms. The summed E-state index contributed by atoms with van der Waals surface area (Å²) in [6, 6.07) is 1.75. The van der Waals surface area contributed by atoms with E-state index in [1.54, 1.807) is 12.3 Å². The Morgan fingerprint density at radius 2 is 2.40 bits per heavy atom. The predicted molar refractivity (Wildman–Crippen MR) is 49.7 cm³/mol. The minimum atomic E-state index is -0.892. The normalized spacial score (nSPS) is 23.5. The number of carbonyl (C=O) groups is 2. The van der Waals surface area contributed by atoms with E-state index >= 15 is 0 Å². The molecule has 15 heavy (non-hydrogen) atoms. The van der Waals surface area contributed by atoms with Crippen LogP contribution in [0.3, 0.4) is 0 Å². The number of rotatable bonds is 4. The average molecular weight is 209 g/mol. The van der Waals surface area contributed by atoms with E-state index in [0.29, 0.717) is 13.0 Å². The molecular formula is C9H11N3O3. The molecule has 1 aliphatic rings. The highest BCUT2D eigenvalue weighted by molar-refractivity contribution is 5.89. The molecule has 0 saturated heterocycles. The third-order valence-corrected chi connectivity index (χ3v) is 2.46. The summed E-state index contributed by atoms with van der Waals surface area (Å²) in [7, 11) is 0. The van der Waals surface area contributed by atoms with Gasteiger partial charge in [0, 0.05) is 6.20 Å². The van der Waals surface area contributed by atoms with Gasteiger partial charge in [-0.15, -0.1) is 0 Å². The Morgan fingerprint density at radius 3 is 2.93 bits per heavy atom. The van der Waals surface area contributed by atoms with Gasteiger partial charge in [0.15, 0.2) is 0 Å². The fraction of sp³-hybridized carbons (Fsp3) is 0.444. The van der Waals surface area contributed by atoms with Crippen molar-refractivity contribution in [1.29, 1.82) is 0 Å². The van der Waals surface area contributed by atoms with Crippen LogP contribution in [0.1, 0.15) is 12.1 Å². The molecule has 6 heteroatoms. The molecule has 3 N–H and O–H groups in total. The van der Waals surface area contributed by atoms with Crippen molar-refractivity contribution in [3.8, 4) is 0 Å². The zero-order valence-electron chi connectivity index (χ0n) is 7.93. The van der Waals surface area contributed by atoms with Crippen molar-refractivity contribution in [2.45, 2.75) is 13.0 Å². The van der Waals surface area contributed by atoms with Gasteiger partial charge < -0.3 is 10.4 Å². The third-order valence-electron chi connectivity index (χ3n) is 2.46. The average Bonchev–Trinajstić information content (AvgIpc) is 2.85. The SMILES string of the molecule is O=C(O)[C@H]1C[C@H]1C(=O)NCc1ccn[nH]1. The molecule has 1 aliphatic carbocycles. The van der Waals surface area contributed by atoms with Crippen LogP contribution in [0.5, 0.6) is 0 Å². The van der Waals surface area contributed by atoms with Crippen LogP contribution >= 0.6 is 0 Å². The standard InChI is InChI=1S/C9H11N3O3/c13-8(6-3-7(6)9(14)15)10-4-5-1-2-11-12-5/h1-2,6-7H,3-4H2,(H,10,13)(H,11,12)(H,14,15)/t6-,7+/m1/s1. The molecule has 0 aromatic carbocycles. The monoisotopic (exact) mass is 209 g/mol. The molecule has 1 saturated carbocycles. The summed E-state index contributed by atoms with van der Waals surface area (Å²) < 4.78 is 0. The van der Waals surface area contributed by atoms with Crippen LogP contribution < -0.4 is 5.32 Å². The van der Waals surface area contributed by atoms with Gasteiger partial charge in [-0.1, -0.05) is 0 Å². The molecule has 1 fully saturated rings. The molecule has 0 bridgehead atoms. The minimum Gasteiger partial charge on any atom is -0.481 e. The number of aliphatic carboxylic acids is 1. The lowest BCUT2D eigenvalue weighted by molar-refractivity contribution is -0.140. The van der Waals surface area contributed by atoms with Crippen LogP contribution in [-0.2, 0) is 16.1 Å². The summed E-state index contributed by atoms with van der Waals surface area (Å²) in [5.74, 6) is -1.94. The number of carboxylic acid groups (broad SMARTS) is 1. The molecule has 1 aromatic rings. The van der Waals surface area contributed by atoms with E-state index in [2.05, 4.69) is 15.5 Å². The minimum absolute atomic E-state index is 0.197. The lowest BCUT2D eigenvalue weighted by atomic mass is 10.3. The van der Waals surface area contributed by atoms with Crippen molar-refractivity contribution in [3.05, 3.63) is 18.0 Å². The number of aromatic amines is 1. The maximum absolute atomic E-state index is 11.4. The molecule has 0 radical (unpaired) electrons. The van der Waals surface area contributed by atoms with E-state index in [-0.39, 0.29) is 11.8 Å². The first-order valence-electron chi connectivity index (χ1n) is 4.67. The van der Waals surface area contributed by atoms with Crippen LogP contribution in [0.15, 0.2) is 12.3 Å². The first-order chi connectivity index (χ1) is 7.18. The van der Waals surface area contributed by atoms with Crippen molar-refractivity contribution < 1.29 is 14.7 Å². The highest BCUT2D eigenvalue weighted by atomic mass is 16.4. The number of aromatic nitrogens is 2. The van der Waals surface area contributed by atoms with Gasteiger partial charge in [0.1, 0.15) is 0 Å². The van der Waals surface area contributed by atoms with Crippen molar-refractivity contribution in [3.63, 3.8) is 0 Å². The van der Waals surface area contributed by atoms with E-state index < -0.39 is 11.9 Å². The summed E-state index contributed by atoms with van der Waals surface area (Å²) >= 11 is 0. The Kier molecular flexibility index (Phi) is 2.40. The van der Waals surface area contributed by atoms with E-state index in [1.807, 2.05) is 0 Å². The summed E-state index contributed by atoms with van der Waals surface area (Å²) in [4.78, 5) is 21.9. The Labute approximate surface area is 85.7 Å². The van der Waals surface area contributed by atoms with Crippen LogP contribution in [0.2, 0.25) is 0 Å². The molecule has 6 nitrogen and oxygen atoms in total. The van der Waals surface area contributed by atoms with Gasteiger partial charge >= 0.3 is 5.97 Å². The Morgan fingerprint density at radius 1 is 1.60 bits per heavy atom. The summed E-state index contributed by atoms with van der Waals surface area (Å²) in [6.07, 6.45) is 2.04. The molecule has 80 valence electrons. The first kappa shape index (κ1) is 9.70. The van der Waals surface area contributed by atoms with Crippen molar-refractivity contribution in [1.82, 2.24) is 15.5 Å². The Hall–Kier alpha value is -1.85. The second-order valence-corrected chi connectivity index (χ2v) is 3.59. The number of hydrogen-bond donors (Lipinski definition) is 3. The number of H-pyrrole nitrogens is 1. The number of nitrogens with zero attached hydrogens (tertiary/aromatic N) is 1.